The summed E-state index contributed by atoms with van der Waals surface area (Å²) in [5.74, 6) is 0.642. The summed E-state index contributed by atoms with van der Waals surface area (Å²) in [5.41, 5.74) is 7.27. The molecule has 0 bridgehead atoms. The van der Waals surface area contributed by atoms with E-state index in [1.54, 1.807) is 0 Å². The van der Waals surface area contributed by atoms with Crippen molar-refractivity contribution in [3.8, 4) is 0 Å². The molecule has 2 unspecified atom stereocenters. The molecule has 1 aromatic rings. The third-order valence-corrected chi connectivity index (χ3v) is 2.69. The zero-order valence-electron chi connectivity index (χ0n) is 11.0. The summed E-state index contributed by atoms with van der Waals surface area (Å²) >= 11 is 0. The smallest absolute Gasteiger partial charge is 0.0538 e. The Hall–Kier alpha value is -0.870. The van der Waals surface area contributed by atoms with Gasteiger partial charge in [-0.3, -0.25) is 9.58 Å². The number of rotatable bonds is 5. The third-order valence-electron chi connectivity index (χ3n) is 2.69. The molecular formula is C12H24N4. The van der Waals surface area contributed by atoms with Crippen LogP contribution < -0.4 is 5.73 Å². The average Bonchev–Trinajstić information content (AvgIpc) is 2.49. The molecule has 0 saturated heterocycles. The minimum atomic E-state index is 0.105. The Balaban J connectivity index is 2.82. The van der Waals surface area contributed by atoms with E-state index in [2.05, 4.69) is 37.8 Å². The van der Waals surface area contributed by atoms with Gasteiger partial charge in [0.2, 0.25) is 0 Å². The fourth-order valence-electron chi connectivity index (χ4n) is 2.24. The molecule has 16 heavy (non-hydrogen) atoms. The van der Waals surface area contributed by atoms with Crippen molar-refractivity contribution in [1.29, 1.82) is 0 Å². The van der Waals surface area contributed by atoms with Gasteiger partial charge in [0.25, 0.3) is 0 Å². The summed E-state index contributed by atoms with van der Waals surface area (Å²) in [5, 5.41) is 4.22. The first kappa shape index (κ1) is 13.2. The van der Waals surface area contributed by atoms with E-state index in [4.69, 9.17) is 5.73 Å². The number of hydrogen-bond acceptors (Lipinski definition) is 3. The predicted molar refractivity (Wildman–Crippen MR) is 67.1 cm³/mol. The van der Waals surface area contributed by atoms with Crippen molar-refractivity contribution in [2.45, 2.75) is 32.9 Å². The minimum Gasteiger partial charge on any atom is -0.326 e. The van der Waals surface area contributed by atoms with Crippen molar-refractivity contribution < 1.29 is 0 Å². The van der Waals surface area contributed by atoms with Crippen molar-refractivity contribution in [3.63, 3.8) is 0 Å². The highest BCUT2D eigenvalue weighted by Gasteiger charge is 2.22. The van der Waals surface area contributed by atoms with Crippen molar-refractivity contribution in [1.82, 2.24) is 14.7 Å². The SMILES string of the molecule is CC(C)CN(C)C(c1cnn(C)c1)C(C)N. The second-order valence-electron chi connectivity index (χ2n) is 5.08. The van der Waals surface area contributed by atoms with Crippen LogP contribution in [0.15, 0.2) is 12.4 Å². The van der Waals surface area contributed by atoms with Crippen LogP contribution in [-0.2, 0) is 7.05 Å². The highest BCUT2D eigenvalue weighted by atomic mass is 15.2. The van der Waals surface area contributed by atoms with Crippen LogP contribution in [0.5, 0.6) is 0 Å². The highest BCUT2D eigenvalue weighted by molar-refractivity contribution is 5.12. The molecule has 0 aliphatic rings. The lowest BCUT2D eigenvalue weighted by Gasteiger charge is -2.31. The molecule has 0 aromatic carbocycles. The molecule has 1 rings (SSSR count). The van der Waals surface area contributed by atoms with E-state index in [0.717, 1.165) is 6.54 Å². The highest BCUT2D eigenvalue weighted by Crippen LogP contribution is 2.22. The number of nitrogens with two attached hydrogens (primary N) is 1. The maximum atomic E-state index is 6.08. The molecule has 2 N–H and O–H groups in total. The lowest BCUT2D eigenvalue weighted by atomic mass is 10.0. The fourth-order valence-corrected chi connectivity index (χ4v) is 2.24. The number of likely N-dealkylation sites (N-methyl/N-ethyl adjacent to an activating group) is 1. The number of aryl methyl sites for hydroxylation is 1. The molecule has 2 atom stereocenters. The van der Waals surface area contributed by atoms with Crippen LogP contribution in [0.4, 0.5) is 0 Å². The van der Waals surface area contributed by atoms with Gasteiger partial charge < -0.3 is 5.73 Å². The van der Waals surface area contributed by atoms with Crippen molar-refractivity contribution in [2.24, 2.45) is 18.7 Å². The molecule has 92 valence electrons. The Labute approximate surface area is 98.4 Å². The van der Waals surface area contributed by atoms with E-state index in [9.17, 15) is 0 Å². The van der Waals surface area contributed by atoms with Crippen molar-refractivity contribution >= 4 is 0 Å². The second-order valence-corrected chi connectivity index (χ2v) is 5.08. The van der Waals surface area contributed by atoms with E-state index in [1.165, 1.54) is 5.56 Å². The topological polar surface area (TPSA) is 47.1 Å². The summed E-state index contributed by atoms with van der Waals surface area (Å²) in [6.45, 7) is 7.53. The maximum Gasteiger partial charge on any atom is 0.0538 e. The van der Waals surface area contributed by atoms with Crippen LogP contribution in [0.2, 0.25) is 0 Å². The van der Waals surface area contributed by atoms with Crippen molar-refractivity contribution in [2.75, 3.05) is 13.6 Å². The van der Waals surface area contributed by atoms with Crippen LogP contribution in [0, 0.1) is 5.92 Å². The molecule has 4 nitrogen and oxygen atoms in total. The van der Waals surface area contributed by atoms with Gasteiger partial charge in [-0.2, -0.15) is 5.10 Å². The van der Waals surface area contributed by atoms with Gasteiger partial charge in [0, 0.05) is 31.4 Å². The predicted octanol–water partition coefficient (Wildman–Crippen LogP) is 1.40. The largest absolute Gasteiger partial charge is 0.326 e. The third kappa shape index (κ3) is 3.32. The first-order chi connectivity index (χ1) is 7.41. The van der Waals surface area contributed by atoms with Gasteiger partial charge in [0.15, 0.2) is 0 Å². The quantitative estimate of drug-likeness (QED) is 0.822. The van der Waals surface area contributed by atoms with Crippen LogP contribution >= 0.6 is 0 Å². The lowest BCUT2D eigenvalue weighted by molar-refractivity contribution is 0.197. The summed E-state index contributed by atoms with van der Waals surface area (Å²) in [7, 11) is 4.06. The molecule has 0 fully saturated rings. The average molecular weight is 224 g/mol. The van der Waals surface area contributed by atoms with E-state index in [-0.39, 0.29) is 12.1 Å². The van der Waals surface area contributed by atoms with E-state index >= 15 is 0 Å². The van der Waals surface area contributed by atoms with Gasteiger partial charge in [-0.05, 0) is 19.9 Å². The molecule has 0 radical (unpaired) electrons. The number of hydrogen-bond donors (Lipinski definition) is 1. The first-order valence-electron chi connectivity index (χ1n) is 5.86. The van der Waals surface area contributed by atoms with Gasteiger partial charge in [0.05, 0.1) is 12.2 Å². The van der Waals surface area contributed by atoms with Crippen LogP contribution in [0.1, 0.15) is 32.4 Å². The number of aromatic nitrogens is 2. The molecule has 0 aliphatic heterocycles. The standard InChI is InChI=1S/C12H24N4/c1-9(2)7-15(4)12(10(3)13)11-6-14-16(5)8-11/h6,8-10,12H,7,13H2,1-5H3. The summed E-state index contributed by atoms with van der Waals surface area (Å²) in [4.78, 5) is 2.31. The van der Waals surface area contributed by atoms with Gasteiger partial charge in [0.1, 0.15) is 0 Å². The normalized spacial score (nSPS) is 15.8. The van der Waals surface area contributed by atoms with E-state index < -0.39 is 0 Å². The van der Waals surface area contributed by atoms with E-state index in [1.807, 2.05) is 24.1 Å². The first-order valence-corrected chi connectivity index (χ1v) is 5.86. The molecule has 1 heterocycles. The molecular weight excluding hydrogens is 200 g/mol. The molecule has 4 heteroatoms. The van der Waals surface area contributed by atoms with Gasteiger partial charge in [-0.15, -0.1) is 0 Å². The lowest BCUT2D eigenvalue weighted by Crippen LogP contribution is -2.38. The van der Waals surface area contributed by atoms with Crippen LogP contribution in [0.3, 0.4) is 0 Å². The van der Waals surface area contributed by atoms with Gasteiger partial charge >= 0.3 is 0 Å². The monoisotopic (exact) mass is 224 g/mol. The second kappa shape index (κ2) is 5.46. The van der Waals surface area contributed by atoms with E-state index in [0.29, 0.717) is 5.92 Å². The van der Waals surface area contributed by atoms with Gasteiger partial charge in [-0.1, -0.05) is 13.8 Å². The van der Waals surface area contributed by atoms with Crippen molar-refractivity contribution in [3.05, 3.63) is 18.0 Å². The molecule has 0 saturated carbocycles. The Morgan fingerprint density at radius 1 is 1.44 bits per heavy atom. The Morgan fingerprint density at radius 2 is 2.06 bits per heavy atom. The maximum absolute atomic E-state index is 6.08. The molecule has 1 aromatic heterocycles. The Bertz CT molecular complexity index is 317. The minimum absolute atomic E-state index is 0.105. The Morgan fingerprint density at radius 3 is 2.44 bits per heavy atom. The zero-order valence-corrected chi connectivity index (χ0v) is 11.0. The molecule has 0 spiro atoms. The van der Waals surface area contributed by atoms with Crippen LogP contribution in [-0.4, -0.2) is 34.3 Å². The fraction of sp³-hybridized carbons (Fsp3) is 0.750. The van der Waals surface area contributed by atoms with Crippen LogP contribution in [0.25, 0.3) is 0 Å². The number of nitrogens with zero attached hydrogens (tertiary/aromatic N) is 3. The zero-order chi connectivity index (χ0) is 12.3. The molecule has 0 amide bonds. The summed E-state index contributed by atoms with van der Waals surface area (Å²) in [6, 6.07) is 0.351. The Kier molecular flexibility index (Phi) is 4.50. The summed E-state index contributed by atoms with van der Waals surface area (Å²) in [6.07, 6.45) is 3.95. The summed E-state index contributed by atoms with van der Waals surface area (Å²) < 4.78 is 1.83. The molecule has 0 aliphatic carbocycles. The van der Waals surface area contributed by atoms with Gasteiger partial charge in [-0.25, -0.2) is 0 Å².